The molecule has 3 N–H and O–H groups in total. The van der Waals surface area contributed by atoms with Gasteiger partial charge in [0.05, 0.1) is 11.6 Å². The Labute approximate surface area is 159 Å². The molecular formula is C20H25N3O2S. The van der Waals surface area contributed by atoms with E-state index in [1.165, 1.54) is 17.7 Å². The molecule has 0 saturated carbocycles. The normalized spacial score (nSPS) is 18.1. The number of nitrogens with one attached hydrogen (secondary N) is 2. The Kier molecular flexibility index (Phi) is 5.16. The molecule has 2 aromatic rings. The van der Waals surface area contributed by atoms with Crippen molar-refractivity contribution >= 4 is 29.5 Å². The van der Waals surface area contributed by atoms with Gasteiger partial charge >= 0.3 is 5.97 Å². The van der Waals surface area contributed by atoms with E-state index in [0.717, 1.165) is 23.4 Å². The molecule has 0 saturated heterocycles. The third-order valence-electron chi connectivity index (χ3n) is 4.65. The maximum atomic E-state index is 11.2. The van der Waals surface area contributed by atoms with E-state index in [-0.39, 0.29) is 11.5 Å². The van der Waals surface area contributed by atoms with Gasteiger partial charge in [-0.2, -0.15) is 0 Å². The average Bonchev–Trinajstić information content (AvgIpc) is 2.58. The smallest absolute Gasteiger partial charge is 0.335 e. The molecule has 0 fully saturated rings. The second kappa shape index (κ2) is 7.21. The topological polar surface area (TPSA) is 64.6 Å². The monoisotopic (exact) mass is 371 g/mol. The summed E-state index contributed by atoms with van der Waals surface area (Å²) in [5.74, 6) is -0.884. The van der Waals surface area contributed by atoms with E-state index < -0.39 is 5.97 Å². The fraction of sp³-hybridized carbons (Fsp3) is 0.350. The van der Waals surface area contributed by atoms with Crippen LogP contribution in [0.3, 0.4) is 0 Å². The van der Waals surface area contributed by atoms with Gasteiger partial charge in [-0.05, 0) is 67.4 Å². The highest BCUT2D eigenvalue weighted by Crippen LogP contribution is 2.45. The molecule has 1 aliphatic rings. The Morgan fingerprint density at radius 2 is 2.04 bits per heavy atom. The molecule has 3 rings (SSSR count). The molecule has 26 heavy (non-hydrogen) atoms. The molecule has 6 heteroatoms. The highest BCUT2D eigenvalue weighted by atomic mass is 32.2. The van der Waals surface area contributed by atoms with Crippen LogP contribution >= 0.6 is 12.1 Å². The SMILES string of the molecule is CN(C)SNc1cccc(C2Nc3ccc(C(=O)O)cc3CC2(C)C)c1. The maximum absolute atomic E-state index is 11.2. The molecule has 1 heterocycles. The Bertz CT molecular complexity index is 820. The van der Waals surface area contributed by atoms with Gasteiger partial charge in [0, 0.05) is 23.5 Å². The zero-order valence-electron chi connectivity index (χ0n) is 15.5. The van der Waals surface area contributed by atoms with Gasteiger partial charge in [-0.1, -0.05) is 26.0 Å². The highest BCUT2D eigenvalue weighted by molar-refractivity contribution is 7.98. The van der Waals surface area contributed by atoms with Crippen molar-refractivity contribution in [3.8, 4) is 0 Å². The summed E-state index contributed by atoms with van der Waals surface area (Å²) in [7, 11) is 3.99. The van der Waals surface area contributed by atoms with Crippen molar-refractivity contribution in [1.82, 2.24) is 4.31 Å². The number of hydrogen-bond acceptors (Lipinski definition) is 5. The van der Waals surface area contributed by atoms with Gasteiger partial charge < -0.3 is 15.1 Å². The van der Waals surface area contributed by atoms with Crippen LogP contribution in [0, 0.1) is 5.41 Å². The summed E-state index contributed by atoms with van der Waals surface area (Å²) in [4.78, 5) is 11.2. The molecule has 0 aromatic heterocycles. The second-order valence-corrected chi connectivity index (χ2v) is 8.67. The van der Waals surface area contributed by atoms with Gasteiger partial charge in [0.25, 0.3) is 0 Å². The van der Waals surface area contributed by atoms with E-state index in [2.05, 4.69) is 48.2 Å². The third-order valence-corrected chi connectivity index (χ3v) is 5.34. The molecule has 138 valence electrons. The molecule has 1 aliphatic heterocycles. The first-order valence-corrected chi connectivity index (χ1v) is 9.36. The van der Waals surface area contributed by atoms with Crippen LogP contribution in [0.4, 0.5) is 11.4 Å². The standard InChI is InChI=1S/C20H25N3O2S/c1-20(2)12-15-10-14(19(24)25)8-9-17(15)21-18(20)13-6-5-7-16(11-13)22-26-23(3)4/h5-11,18,21-22H,12H2,1-4H3,(H,24,25). The number of hydrogen-bond donors (Lipinski definition) is 3. The van der Waals surface area contributed by atoms with Gasteiger partial charge in [0.15, 0.2) is 0 Å². The summed E-state index contributed by atoms with van der Waals surface area (Å²) in [5.41, 5.74) is 4.64. The number of carbonyl (C=O) groups is 1. The molecule has 1 unspecified atom stereocenters. The minimum Gasteiger partial charge on any atom is -0.478 e. The summed E-state index contributed by atoms with van der Waals surface area (Å²) < 4.78 is 5.35. The van der Waals surface area contributed by atoms with Crippen LogP contribution < -0.4 is 10.0 Å². The highest BCUT2D eigenvalue weighted by Gasteiger charge is 2.36. The van der Waals surface area contributed by atoms with Crippen LogP contribution in [0.1, 0.15) is 41.4 Å². The van der Waals surface area contributed by atoms with Crippen LogP contribution in [0.15, 0.2) is 42.5 Å². The number of nitrogens with zero attached hydrogens (tertiary/aromatic N) is 1. The second-order valence-electron chi connectivity index (χ2n) is 7.55. The number of benzene rings is 2. The van der Waals surface area contributed by atoms with Gasteiger partial charge in [0.2, 0.25) is 0 Å². The van der Waals surface area contributed by atoms with Crippen LogP contribution in [-0.2, 0) is 6.42 Å². The van der Waals surface area contributed by atoms with Crippen molar-refractivity contribution in [2.45, 2.75) is 26.3 Å². The van der Waals surface area contributed by atoms with Gasteiger partial charge in [-0.25, -0.2) is 9.10 Å². The maximum Gasteiger partial charge on any atom is 0.335 e. The zero-order chi connectivity index (χ0) is 18.9. The van der Waals surface area contributed by atoms with Crippen molar-refractivity contribution < 1.29 is 9.90 Å². The first-order chi connectivity index (χ1) is 12.3. The molecule has 0 spiro atoms. The number of carboxylic acids is 1. The largest absolute Gasteiger partial charge is 0.478 e. The molecule has 1 atom stereocenters. The van der Waals surface area contributed by atoms with E-state index >= 15 is 0 Å². The van der Waals surface area contributed by atoms with Crippen LogP contribution in [-0.4, -0.2) is 29.5 Å². The van der Waals surface area contributed by atoms with E-state index in [0.29, 0.717) is 5.56 Å². The Hall–Kier alpha value is -2.18. The Morgan fingerprint density at radius 3 is 2.73 bits per heavy atom. The molecular weight excluding hydrogens is 346 g/mol. The summed E-state index contributed by atoms with van der Waals surface area (Å²) >= 11 is 1.54. The van der Waals surface area contributed by atoms with Gasteiger partial charge in [0.1, 0.15) is 0 Å². The summed E-state index contributed by atoms with van der Waals surface area (Å²) in [6, 6.07) is 13.9. The summed E-state index contributed by atoms with van der Waals surface area (Å²) in [5, 5.41) is 12.9. The Morgan fingerprint density at radius 1 is 1.27 bits per heavy atom. The lowest BCUT2D eigenvalue weighted by Gasteiger charge is -2.41. The fourth-order valence-corrected chi connectivity index (χ4v) is 3.83. The molecule has 2 aromatic carbocycles. The van der Waals surface area contributed by atoms with Crippen LogP contribution in [0.25, 0.3) is 0 Å². The minimum absolute atomic E-state index is 0.0442. The summed E-state index contributed by atoms with van der Waals surface area (Å²) in [6.07, 6.45) is 0.825. The number of aromatic carboxylic acids is 1. The van der Waals surface area contributed by atoms with Gasteiger partial charge in [-0.15, -0.1) is 0 Å². The predicted molar refractivity (Wildman–Crippen MR) is 109 cm³/mol. The molecule has 0 aliphatic carbocycles. The lowest BCUT2D eigenvalue weighted by molar-refractivity contribution is 0.0696. The number of fused-ring (bicyclic) bond motifs is 1. The quantitative estimate of drug-likeness (QED) is 0.665. The third kappa shape index (κ3) is 3.97. The van der Waals surface area contributed by atoms with Gasteiger partial charge in [-0.3, -0.25) is 0 Å². The molecule has 5 nitrogen and oxygen atoms in total. The minimum atomic E-state index is -0.884. The van der Waals surface area contributed by atoms with Crippen molar-refractivity contribution in [3.63, 3.8) is 0 Å². The molecule has 0 amide bonds. The van der Waals surface area contributed by atoms with Crippen LogP contribution in [0.2, 0.25) is 0 Å². The lowest BCUT2D eigenvalue weighted by Crippen LogP contribution is -2.35. The van der Waals surface area contributed by atoms with E-state index in [9.17, 15) is 9.90 Å². The van der Waals surface area contributed by atoms with E-state index in [1.807, 2.05) is 24.5 Å². The van der Waals surface area contributed by atoms with Crippen molar-refractivity contribution in [2.24, 2.45) is 5.41 Å². The molecule has 0 bridgehead atoms. The first-order valence-electron chi connectivity index (χ1n) is 8.59. The van der Waals surface area contributed by atoms with Crippen LogP contribution in [0.5, 0.6) is 0 Å². The summed E-state index contributed by atoms with van der Waals surface area (Å²) in [6.45, 7) is 4.44. The van der Waals surface area contributed by atoms with Crippen molar-refractivity contribution in [2.75, 3.05) is 24.1 Å². The number of carboxylic acid groups (broad SMARTS) is 1. The van der Waals surface area contributed by atoms with Crippen molar-refractivity contribution in [1.29, 1.82) is 0 Å². The first kappa shape index (κ1) is 18.6. The fourth-order valence-electron chi connectivity index (χ4n) is 3.42. The lowest BCUT2D eigenvalue weighted by atomic mass is 9.72. The van der Waals surface area contributed by atoms with E-state index in [1.54, 1.807) is 12.1 Å². The zero-order valence-corrected chi connectivity index (χ0v) is 16.4. The number of rotatable bonds is 5. The molecule has 0 radical (unpaired) electrons. The Balaban J connectivity index is 1.89. The van der Waals surface area contributed by atoms with E-state index in [4.69, 9.17) is 0 Å². The predicted octanol–water partition coefficient (Wildman–Crippen LogP) is 4.66. The van der Waals surface area contributed by atoms with Crippen molar-refractivity contribution in [3.05, 3.63) is 59.2 Å². The number of anilines is 2. The average molecular weight is 372 g/mol.